The zero-order valence-corrected chi connectivity index (χ0v) is 11.9. The molecule has 2 aromatic carbocycles. The molecule has 0 fully saturated rings. The maximum atomic E-state index is 13.3. The van der Waals surface area contributed by atoms with Crippen molar-refractivity contribution in [1.29, 1.82) is 0 Å². The summed E-state index contributed by atoms with van der Waals surface area (Å²) in [5.41, 5.74) is 1.49. The highest BCUT2D eigenvalue weighted by molar-refractivity contribution is 7.17. The number of fused-ring (bicyclic) bond motifs is 1. The van der Waals surface area contributed by atoms with Gasteiger partial charge in [-0.3, -0.25) is 4.79 Å². The topological polar surface area (TPSA) is 37.3 Å². The molecule has 21 heavy (non-hydrogen) atoms. The molecule has 0 bridgehead atoms. The molecule has 0 spiro atoms. The number of aliphatic carboxylic acids is 1. The molecule has 0 aliphatic rings. The molecule has 0 radical (unpaired) electrons. The third kappa shape index (κ3) is 2.81. The first kappa shape index (κ1) is 13.8. The highest BCUT2D eigenvalue weighted by Gasteiger charge is 2.22. The molecular weight excluding hydrogens is 287 g/mol. The second kappa shape index (κ2) is 5.66. The van der Waals surface area contributed by atoms with Crippen molar-refractivity contribution >= 4 is 27.4 Å². The first-order valence-electron chi connectivity index (χ1n) is 6.58. The maximum Gasteiger partial charge on any atom is 0.311 e. The van der Waals surface area contributed by atoms with Crippen molar-refractivity contribution in [3.63, 3.8) is 0 Å². The van der Waals surface area contributed by atoms with Crippen molar-refractivity contribution < 1.29 is 14.3 Å². The number of thiophene rings is 1. The van der Waals surface area contributed by atoms with E-state index in [1.54, 1.807) is 23.5 Å². The molecule has 1 atom stereocenters. The molecule has 2 nitrogen and oxygen atoms in total. The van der Waals surface area contributed by atoms with Crippen LogP contribution in [0, 0.1) is 5.82 Å². The van der Waals surface area contributed by atoms with E-state index in [0.717, 1.165) is 15.6 Å². The minimum absolute atomic E-state index is 0.364. The van der Waals surface area contributed by atoms with Gasteiger partial charge >= 0.3 is 5.97 Å². The molecule has 106 valence electrons. The van der Waals surface area contributed by atoms with Crippen LogP contribution < -0.4 is 0 Å². The number of carbonyl (C=O) groups is 1. The lowest BCUT2D eigenvalue weighted by atomic mass is 9.92. The molecule has 4 heteroatoms. The molecule has 3 aromatic rings. The largest absolute Gasteiger partial charge is 0.481 e. The Morgan fingerprint density at radius 3 is 2.76 bits per heavy atom. The van der Waals surface area contributed by atoms with Crippen LogP contribution in [0.3, 0.4) is 0 Å². The van der Waals surface area contributed by atoms with Gasteiger partial charge in [-0.25, -0.2) is 4.39 Å². The minimum Gasteiger partial charge on any atom is -0.481 e. The van der Waals surface area contributed by atoms with Crippen molar-refractivity contribution in [3.05, 3.63) is 70.9 Å². The van der Waals surface area contributed by atoms with Gasteiger partial charge in [-0.2, -0.15) is 0 Å². The van der Waals surface area contributed by atoms with E-state index in [9.17, 15) is 14.3 Å². The van der Waals surface area contributed by atoms with Gasteiger partial charge in [-0.05, 0) is 46.5 Å². The fraction of sp³-hybridized carbons (Fsp3) is 0.118. The Morgan fingerprint density at radius 1 is 1.19 bits per heavy atom. The Hall–Kier alpha value is -2.20. The van der Waals surface area contributed by atoms with E-state index >= 15 is 0 Å². The molecule has 0 amide bonds. The minimum atomic E-state index is -0.934. The average Bonchev–Trinajstić information content (AvgIpc) is 2.87. The normalized spacial score (nSPS) is 12.4. The van der Waals surface area contributed by atoms with Crippen LogP contribution in [-0.2, 0) is 11.2 Å². The van der Waals surface area contributed by atoms with E-state index in [-0.39, 0.29) is 0 Å². The summed E-state index contributed by atoms with van der Waals surface area (Å²) in [4.78, 5) is 11.6. The number of hydrogen-bond acceptors (Lipinski definition) is 2. The standard InChI is InChI=1S/C17H13FO2S/c18-13-5-3-4-11(8-13)15(17(19)20)9-12-10-21-16-7-2-1-6-14(12)16/h1-8,10,15H,9H2,(H,19,20). The van der Waals surface area contributed by atoms with Crippen molar-refractivity contribution in [2.24, 2.45) is 0 Å². The summed E-state index contributed by atoms with van der Waals surface area (Å²) in [5, 5.41) is 12.5. The summed E-state index contributed by atoms with van der Waals surface area (Å²) >= 11 is 1.60. The molecular formula is C17H13FO2S. The third-order valence-corrected chi connectivity index (χ3v) is 4.55. The van der Waals surface area contributed by atoms with E-state index in [2.05, 4.69) is 0 Å². The van der Waals surface area contributed by atoms with Crippen LogP contribution in [0.15, 0.2) is 53.9 Å². The van der Waals surface area contributed by atoms with Gasteiger partial charge in [0, 0.05) is 4.70 Å². The van der Waals surface area contributed by atoms with Gasteiger partial charge < -0.3 is 5.11 Å². The monoisotopic (exact) mass is 300 g/mol. The molecule has 0 aliphatic heterocycles. The predicted octanol–water partition coefficient (Wildman–Crippen LogP) is 4.45. The fourth-order valence-corrected chi connectivity index (χ4v) is 3.46. The van der Waals surface area contributed by atoms with E-state index in [1.807, 2.05) is 29.6 Å². The summed E-state index contributed by atoms with van der Waals surface area (Å²) in [5.74, 6) is -2.08. The zero-order valence-electron chi connectivity index (χ0n) is 11.1. The Bertz CT molecular complexity index is 794. The average molecular weight is 300 g/mol. The summed E-state index contributed by atoms with van der Waals surface area (Å²) in [6, 6.07) is 13.7. The van der Waals surface area contributed by atoms with Crippen molar-refractivity contribution in [2.75, 3.05) is 0 Å². The molecule has 1 aromatic heterocycles. The van der Waals surface area contributed by atoms with Gasteiger partial charge in [0.15, 0.2) is 0 Å². The number of rotatable bonds is 4. The molecule has 0 aliphatic carbocycles. The van der Waals surface area contributed by atoms with Gasteiger partial charge in [0.2, 0.25) is 0 Å². The predicted molar refractivity (Wildman–Crippen MR) is 82.3 cm³/mol. The second-order valence-corrected chi connectivity index (χ2v) is 5.82. The summed E-state index contributed by atoms with van der Waals surface area (Å²) < 4.78 is 14.5. The Kier molecular flexibility index (Phi) is 3.71. The molecule has 1 N–H and O–H groups in total. The lowest BCUT2D eigenvalue weighted by molar-refractivity contribution is -0.138. The Balaban J connectivity index is 1.98. The fourth-order valence-electron chi connectivity index (χ4n) is 2.48. The molecule has 3 rings (SSSR count). The smallest absolute Gasteiger partial charge is 0.311 e. The Labute approximate surface area is 125 Å². The van der Waals surface area contributed by atoms with Crippen LogP contribution in [-0.4, -0.2) is 11.1 Å². The molecule has 1 heterocycles. The van der Waals surface area contributed by atoms with Crippen LogP contribution in [0.5, 0.6) is 0 Å². The van der Waals surface area contributed by atoms with E-state index in [4.69, 9.17) is 0 Å². The number of carboxylic acid groups (broad SMARTS) is 1. The SMILES string of the molecule is O=C(O)C(Cc1csc2ccccc12)c1cccc(F)c1. The van der Waals surface area contributed by atoms with Crippen LogP contribution in [0.1, 0.15) is 17.0 Å². The number of benzene rings is 2. The highest BCUT2D eigenvalue weighted by atomic mass is 32.1. The maximum absolute atomic E-state index is 13.3. The quantitative estimate of drug-likeness (QED) is 0.773. The lowest BCUT2D eigenvalue weighted by Gasteiger charge is -2.12. The van der Waals surface area contributed by atoms with E-state index in [0.29, 0.717) is 12.0 Å². The van der Waals surface area contributed by atoms with Crippen molar-refractivity contribution in [3.8, 4) is 0 Å². The van der Waals surface area contributed by atoms with Gasteiger partial charge in [0.05, 0.1) is 5.92 Å². The number of hydrogen-bond donors (Lipinski definition) is 1. The van der Waals surface area contributed by atoms with Gasteiger partial charge in [-0.15, -0.1) is 11.3 Å². The zero-order chi connectivity index (χ0) is 14.8. The molecule has 0 saturated carbocycles. The van der Waals surface area contributed by atoms with Gasteiger partial charge in [-0.1, -0.05) is 30.3 Å². The van der Waals surface area contributed by atoms with Crippen LogP contribution in [0.25, 0.3) is 10.1 Å². The summed E-state index contributed by atoms with van der Waals surface area (Å²) in [6.45, 7) is 0. The van der Waals surface area contributed by atoms with Gasteiger partial charge in [0.1, 0.15) is 5.82 Å². The second-order valence-electron chi connectivity index (χ2n) is 4.91. The van der Waals surface area contributed by atoms with Crippen molar-refractivity contribution in [2.45, 2.75) is 12.3 Å². The molecule has 0 saturated heterocycles. The Morgan fingerprint density at radius 2 is 2.00 bits per heavy atom. The van der Waals surface area contributed by atoms with Gasteiger partial charge in [0.25, 0.3) is 0 Å². The van der Waals surface area contributed by atoms with Crippen LogP contribution >= 0.6 is 11.3 Å². The van der Waals surface area contributed by atoms with Crippen LogP contribution in [0.4, 0.5) is 4.39 Å². The van der Waals surface area contributed by atoms with Crippen LogP contribution in [0.2, 0.25) is 0 Å². The third-order valence-electron chi connectivity index (χ3n) is 3.53. The highest BCUT2D eigenvalue weighted by Crippen LogP contribution is 2.30. The van der Waals surface area contributed by atoms with Crippen molar-refractivity contribution in [1.82, 2.24) is 0 Å². The number of carboxylic acids is 1. The summed E-state index contributed by atoms with van der Waals surface area (Å²) in [7, 11) is 0. The van der Waals surface area contributed by atoms with E-state index < -0.39 is 17.7 Å². The number of halogens is 1. The first-order chi connectivity index (χ1) is 10.1. The lowest BCUT2D eigenvalue weighted by Crippen LogP contribution is -2.14. The van der Waals surface area contributed by atoms with E-state index in [1.165, 1.54) is 12.1 Å². The summed E-state index contributed by atoms with van der Waals surface area (Å²) in [6.07, 6.45) is 0.364. The molecule has 1 unspecified atom stereocenters. The first-order valence-corrected chi connectivity index (χ1v) is 7.46.